The molecule has 0 unspecified atom stereocenters. The first kappa shape index (κ1) is 14.8. The van der Waals surface area contributed by atoms with Crippen molar-refractivity contribution in [3.63, 3.8) is 0 Å². The Kier molecular flexibility index (Phi) is 3.67. The highest BCUT2D eigenvalue weighted by atomic mass is 35.5. The van der Waals surface area contributed by atoms with Crippen LogP contribution in [0.25, 0.3) is 10.8 Å². The number of ketones is 1. The van der Waals surface area contributed by atoms with Gasteiger partial charge in [0.2, 0.25) is 0 Å². The fourth-order valence-electron chi connectivity index (χ4n) is 2.81. The molecular weight excluding hydrogens is 324 g/mol. The minimum absolute atomic E-state index is 0.215. The molecule has 0 spiro atoms. The van der Waals surface area contributed by atoms with Crippen molar-refractivity contribution in [1.29, 1.82) is 0 Å². The Hall–Kier alpha value is -1.77. The van der Waals surface area contributed by atoms with E-state index in [1.54, 1.807) is 23.9 Å². The van der Waals surface area contributed by atoms with Crippen molar-refractivity contribution in [3.8, 4) is 0 Å². The van der Waals surface area contributed by atoms with Gasteiger partial charge in [0.05, 0.1) is 4.75 Å². The maximum absolute atomic E-state index is 12.8. The standard InChI is InChI=1S/C20H15ClOS/c21-17-8-5-15(6-9-17)19(22)20(11-12-20)23-18-10-7-14-3-1-2-4-16(14)13-18/h1-10,13H,11-12H2. The molecular formula is C20H15ClOS. The minimum Gasteiger partial charge on any atom is -0.293 e. The van der Waals surface area contributed by atoms with Gasteiger partial charge in [-0.15, -0.1) is 11.8 Å². The first-order valence-electron chi connectivity index (χ1n) is 7.65. The van der Waals surface area contributed by atoms with E-state index in [2.05, 4.69) is 30.3 Å². The molecule has 23 heavy (non-hydrogen) atoms. The number of rotatable bonds is 4. The zero-order valence-corrected chi connectivity index (χ0v) is 14.0. The second-order valence-corrected chi connectivity index (χ2v) is 7.83. The van der Waals surface area contributed by atoms with Crippen LogP contribution in [0.3, 0.4) is 0 Å². The van der Waals surface area contributed by atoms with Crippen LogP contribution in [0, 0.1) is 0 Å². The second kappa shape index (κ2) is 5.70. The third kappa shape index (κ3) is 2.89. The van der Waals surface area contributed by atoms with E-state index in [1.807, 2.05) is 24.3 Å². The number of carbonyl (C=O) groups is 1. The fraction of sp³-hybridized carbons (Fsp3) is 0.150. The topological polar surface area (TPSA) is 17.1 Å². The van der Waals surface area contributed by atoms with Crippen LogP contribution in [0.2, 0.25) is 5.02 Å². The SMILES string of the molecule is O=C(c1ccc(Cl)cc1)C1(Sc2ccc3ccccc3c2)CC1. The Morgan fingerprint density at radius 2 is 1.61 bits per heavy atom. The van der Waals surface area contributed by atoms with Gasteiger partial charge in [0, 0.05) is 15.5 Å². The van der Waals surface area contributed by atoms with Gasteiger partial charge in [-0.2, -0.15) is 0 Å². The smallest absolute Gasteiger partial charge is 0.179 e. The molecule has 1 nitrogen and oxygen atoms in total. The fourth-order valence-corrected chi connectivity index (χ4v) is 4.23. The maximum Gasteiger partial charge on any atom is 0.179 e. The van der Waals surface area contributed by atoms with Gasteiger partial charge in [0.15, 0.2) is 5.78 Å². The van der Waals surface area contributed by atoms with Crippen LogP contribution in [0.4, 0.5) is 0 Å². The van der Waals surface area contributed by atoms with Gasteiger partial charge in [-0.05, 0) is 60.0 Å². The van der Waals surface area contributed by atoms with E-state index in [1.165, 1.54) is 10.8 Å². The summed E-state index contributed by atoms with van der Waals surface area (Å²) in [4.78, 5) is 14.0. The highest BCUT2D eigenvalue weighted by Crippen LogP contribution is 2.53. The third-order valence-electron chi connectivity index (χ3n) is 4.26. The van der Waals surface area contributed by atoms with E-state index in [9.17, 15) is 4.79 Å². The number of halogens is 1. The highest BCUT2D eigenvalue weighted by Gasteiger charge is 2.50. The summed E-state index contributed by atoms with van der Waals surface area (Å²) in [6, 6.07) is 21.9. The van der Waals surface area contributed by atoms with Crippen molar-refractivity contribution in [1.82, 2.24) is 0 Å². The second-order valence-electron chi connectivity index (χ2n) is 5.94. The summed E-state index contributed by atoms with van der Waals surface area (Å²) >= 11 is 7.61. The van der Waals surface area contributed by atoms with Crippen molar-refractivity contribution in [3.05, 3.63) is 77.3 Å². The van der Waals surface area contributed by atoms with Gasteiger partial charge in [-0.25, -0.2) is 0 Å². The number of hydrogen-bond acceptors (Lipinski definition) is 2. The lowest BCUT2D eigenvalue weighted by molar-refractivity contribution is 0.0981. The molecule has 0 bridgehead atoms. The molecule has 0 aliphatic heterocycles. The molecule has 0 amide bonds. The lowest BCUT2D eigenvalue weighted by atomic mass is 10.1. The summed E-state index contributed by atoms with van der Waals surface area (Å²) in [6.45, 7) is 0. The molecule has 0 atom stereocenters. The number of Topliss-reactive ketones (excluding diaryl/α,β-unsaturated/α-hetero) is 1. The Labute approximate surface area is 144 Å². The van der Waals surface area contributed by atoms with Crippen LogP contribution in [-0.4, -0.2) is 10.5 Å². The van der Waals surface area contributed by atoms with Crippen LogP contribution >= 0.6 is 23.4 Å². The molecule has 4 rings (SSSR count). The van der Waals surface area contributed by atoms with Gasteiger partial charge in [-0.3, -0.25) is 4.79 Å². The van der Waals surface area contributed by atoms with E-state index in [0.29, 0.717) is 5.02 Å². The number of carbonyl (C=O) groups excluding carboxylic acids is 1. The summed E-state index contributed by atoms with van der Waals surface area (Å²) in [5, 5.41) is 3.10. The van der Waals surface area contributed by atoms with Crippen molar-refractivity contribution in [2.24, 2.45) is 0 Å². The minimum atomic E-state index is -0.295. The number of hydrogen-bond donors (Lipinski definition) is 0. The van der Waals surface area contributed by atoms with Crippen LogP contribution in [-0.2, 0) is 0 Å². The predicted molar refractivity (Wildman–Crippen MR) is 97.6 cm³/mol. The van der Waals surface area contributed by atoms with Crippen molar-refractivity contribution >= 4 is 39.9 Å². The Morgan fingerprint density at radius 1 is 0.913 bits per heavy atom. The van der Waals surface area contributed by atoms with Crippen LogP contribution in [0.1, 0.15) is 23.2 Å². The average molecular weight is 339 g/mol. The summed E-state index contributed by atoms with van der Waals surface area (Å²) in [5.41, 5.74) is 0.750. The van der Waals surface area contributed by atoms with E-state index in [0.717, 1.165) is 23.3 Å². The van der Waals surface area contributed by atoms with Gasteiger partial charge in [0.1, 0.15) is 0 Å². The monoisotopic (exact) mass is 338 g/mol. The van der Waals surface area contributed by atoms with Crippen molar-refractivity contribution < 1.29 is 4.79 Å². The van der Waals surface area contributed by atoms with Crippen LogP contribution in [0.5, 0.6) is 0 Å². The molecule has 3 heteroatoms. The van der Waals surface area contributed by atoms with Gasteiger partial charge >= 0.3 is 0 Å². The number of thioether (sulfide) groups is 1. The molecule has 1 fully saturated rings. The predicted octanol–water partition coefficient (Wildman–Crippen LogP) is 6.00. The zero-order valence-electron chi connectivity index (χ0n) is 12.5. The maximum atomic E-state index is 12.8. The third-order valence-corrected chi connectivity index (χ3v) is 5.98. The molecule has 0 radical (unpaired) electrons. The largest absolute Gasteiger partial charge is 0.293 e. The number of benzene rings is 3. The molecule has 1 aliphatic carbocycles. The molecule has 0 N–H and O–H groups in total. The molecule has 0 aromatic heterocycles. The zero-order chi connectivity index (χ0) is 15.9. The van der Waals surface area contributed by atoms with E-state index in [-0.39, 0.29) is 10.5 Å². The van der Waals surface area contributed by atoms with Crippen molar-refractivity contribution in [2.75, 3.05) is 0 Å². The van der Waals surface area contributed by atoms with Crippen LogP contribution < -0.4 is 0 Å². The Morgan fingerprint density at radius 3 is 2.30 bits per heavy atom. The van der Waals surface area contributed by atoms with Gasteiger partial charge in [0.25, 0.3) is 0 Å². The van der Waals surface area contributed by atoms with Gasteiger partial charge in [-0.1, -0.05) is 41.9 Å². The number of fused-ring (bicyclic) bond motifs is 1. The lowest BCUT2D eigenvalue weighted by Crippen LogP contribution is -2.18. The molecule has 1 saturated carbocycles. The van der Waals surface area contributed by atoms with Crippen molar-refractivity contribution in [2.45, 2.75) is 22.5 Å². The summed E-state index contributed by atoms with van der Waals surface area (Å²) in [6.07, 6.45) is 1.87. The van der Waals surface area contributed by atoms with E-state index in [4.69, 9.17) is 11.6 Å². The molecule has 0 saturated heterocycles. The summed E-state index contributed by atoms with van der Waals surface area (Å²) < 4.78 is -0.295. The van der Waals surface area contributed by atoms with Gasteiger partial charge < -0.3 is 0 Å². The molecule has 3 aromatic rings. The highest BCUT2D eigenvalue weighted by molar-refractivity contribution is 8.01. The Balaban J connectivity index is 1.61. The molecule has 0 heterocycles. The normalized spacial score (nSPS) is 15.5. The molecule has 1 aliphatic rings. The Bertz CT molecular complexity index is 882. The van der Waals surface area contributed by atoms with E-state index >= 15 is 0 Å². The molecule has 3 aromatic carbocycles. The quantitative estimate of drug-likeness (QED) is 0.542. The first-order chi connectivity index (χ1) is 11.2. The summed E-state index contributed by atoms with van der Waals surface area (Å²) in [7, 11) is 0. The first-order valence-corrected chi connectivity index (χ1v) is 8.84. The molecule has 114 valence electrons. The van der Waals surface area contributed by atoms with Crippen LogP contribution in [0.15, 0.2) is 71.6 Å². The summed E-state index contributed by atoms with van der Waals surface area (Å²) in [5.74, 6) is 0.215. The van der Waals surface area contributed by atoms with E-state index < -0.39 is 0 Å². The average Bonchev–Trinajstić information content (AvgIpc) is 3.35. The lowest BCUT2D eigenvalue weighted by Gasteiger charge is -2.14.